The minimum atomic E-state index is 0.171. The molecule has 2 aromatic carbocycles. The summed E-state index contributed by atoms with van der Waals surface area (Å²) in [7, 11) is 0. The second kappa shape index (κ2) is 8.20. The van der Waals surface area contributed by atoms with Crippen molar-refractivity contribution in [1.29, 1.82) is 5.26 Å². The van der Waals surface area contributed by atoms with Gasteiger partial charge in [-0.05, 0) is 42.8 Å². The van der Waals surface area contributed by atoms with Gasteiger partial charge in [0.05, 0.1) is 22.4 Å². The van der Waals surface area contributed by atoms with E-state index in [2.05, 4.69) is 17.0 Å². The number of fused-ring (bicyclic) bond motifs is 1. The van der Waals surface area contributed by atoms with Crippen molar-refractivity contribution in [3.8, 4) is 29.9 Å². The largest absolute Gasteiger partial charge is 0.490 e. The fraction of sp³-hybridized carbons (Fsp3) is 0.143. The summed E-state index contributed by atoms with van der Waals surface area (Å²) in [6.07, 6.45) is 7.04. The average molecular weight is 360 g/mol. The molecule has 5 heteroatoms. The summed E-state index contributed by atoms with van der Waals surface area (Å²) in [6, 6.07) is 15.6. The molecule has 3 rings (SSSR count). The van der Waals surface area contributed by atoms with Gasteiger partial charge >= 0.3 is 0 Å². The first kappa shape index (κ1) is 17.5. The number of ether oxygens (including phenoxy) is 2. The lowest BCUT2D eigenvalue weighted by Crippen LogP contribution is -1.99. The number of benzene rings is 2. The van der Waals surface area contributed by atoms with Crippen LogP contribution in [0.2, 0.25) is 0 Å². The van der Waals surface area contributed by atoms with Crippen molar-refractivity contribution in [2.24, 2.45) is 0 Å². The number of terminal acetylenes is 1. The van der Waals surface area contributed by atoms with Crippen LogP contribution in [0.15, 0.2) is 42.5 Å². The van der Waals surface area contributed by atoms with Gasteiger partial charge in [0.2, 0.25) is 0 Å². The molecule has 3 aromatic rings. The Bertz CT molecular complexity index is 1010. The second-order valence-electron chi connectivity index (χ2n) is 5.29. The highest BCUT2D eigenvalue weighted by molar-refractivity contribution is 7.19. The summed E-state index contributed by atoms with van der Waals surface area (Å²) in [5, 5.41) is 10.3. The standard InChI is InChI=1S/C21H16N2O2S/c1-3-11-25-18-10-9-15(13-19(18)24-4-2)12-16(14-22)21-23-17-7-5-6-8-20(17)26-21/h1,5-10,12-13H,4,11H2,2H3/b16-12-. The summed E-state index contributed by atoms with van der Waals surface area (Å²) < 4.78 is 12.2. The summed E-state index contributed by atoms with van der Waals surface area (Å²) in [5.41, 5.74) is 2.23. The third-order valence-corrected chi connectivity index (χ3v) is 4.60. The number of aromatic nitrogens is 1. The van der Waals surface area contributed by atoms with E-state index in [1.807, 2.05) is 43.3 Å². The maximum Gasteiger partial charge on any atom is 0.162 e. The molecule has 0 saturated heterocycles. The predicted molar refractivity (Wildman–Crippen MR) is 105 cm³/mol. The summed E-state index contributed by atoms with van der Waals surface area (Å²) in [6.45, 7) is 2.57. The number of thiazole rings is 1. The highest BCUT2D eigenvalue weighted by atomic mass is 32.1. The van der Waals surface area contributed by atoms with E-state index in [0.29, 0.717) is 28.7 Å². The monoisotopic (exact) mass is 360 g/mol. The van der Waals surface area contributed by atoms with Crippen LogP contribution in [0.4, 0.5) is 0 Å². The van der Waals surface area contributed by atoms with E-state index in [1.165, 1.54) is 11.3 Å². The molecule has 128 valence electrons. The van der Waals surface area contributed by atoms with Gasteiger partial charge in [0.1, 0.15) is 17.7 Å². The molecule has 0 aliphatic rings. The van der Waals surface area contributed by atoms with Crippen LogP contribution >= 0.6 is 11.3 Å². The Kier molecular flexibility index (Phi) is 5.53. The second-order valence-corrected chi connectivity index (χ2v) is 6.32. The molecule has 0 unspecified atom stereocenters. The molecule has 4 nitrogen and oxygen atoms in total. The van der Waals surface area contributed by atoms with Crippen LogP contribution in [0.1, 0.15) is 17.5 Å². The van der Waals surface area contributed by atoms with Crippen LogP contribution in [0.3, 0.4) is 0 Å². The smallest absolute Gasteiger partial charge is 0.162 e. The van der Waals surface area contributed by atoms with Gasteiger partial charge < -0.3 is 9.47 Å². The molecule has 0 saturated carbocycles. The van der Waals surface area contributed by atoms with E-state index in [9.17, 15) is 5.26 Å². The topological polar surface area (TPSA) is 55.1 Å². The molecule has 0 aliphatic heterocycles. The van der Waals surface area contributed by atoms with E-state index in [-0.39, 0.29) is 6.61 Å². The Balaban J connectivity index is 1.97. The summed E-state index contributed by atoms with van der Waals surface area (Å²) in [4.78, 5) is 4.55. The van der Waals surface area contributed by atoms with Crippen molar-refractivity contribution in [2.45, 2.75) is 6.92 Å². The number of nitriles is 1. The SMILES string of the molecule is C#CCOc1ccc(/C=C(/C#N)c2nc3ccccc3s2)cc1OCC. The molecule has 0 spiro atoms. The molecule has 0 N–H and O–H groups in total. The minimum absolute atomic E-state index is 0.171. The average Bonchev–Trinajstić information content (AvgIpc) is 3.09. The van der Waals surface area contributed by atoms with Crippen molar-refractivity contribution >= 4 is 33.2 Å². The molecule has 0 fully saturated rings. The van der Waals surface area contributed by atoms with Gasteiger partial charge in [-0.1, -0.05) is 24.1 Å². The van der Waals surface area contributed by atoms with Crippen LogP contribution in [-0.2, 0) is 0 Å². The number of rotatable bonds is 6. The molecular weight excluding hydrogens is 344 g/mol. The zero-order chi connectivity index (χ0) is 18.4. The molecule has 1 aromatic heterocycles. The van der Waals surface area contributed by atoms with Crippen molar-refractivity contribution in [3.63, 3.8) is 0 Å². The lowest BCUT2D eigenvalue weighted by Gasteiger charge is -2.11. The van der Waals surface area contributed by atoms with Gasteiger partial charge in [-0.3, -0.25) is 0 Å². The number of allylic oxidation sites excluding steroid dienone is 1. The van der Waals surface area contributed by atoms with Crippen LogP contribution < -0.4 is 9.47 Å². The number of nitrogens with zero attached hydrogens (tertiary/aromatic N) is 2. The van der Waals surface area contributed by atoms with Crippen molar-refractivity contribution in [2.75, 3.05) is 13.2 Å². The highest BCUT2D eigenvalue weighted by Gasteiger charge is 2.10. The normalized spacial score (nSPS) is 11.0. The van der Waals surface area contributed by atoms with Crippen molar-refractivity contribution in [3.05, 3.63) is 53.0 Å². The first-order chi connectivity index (χ1) is 12.7. The van der Waals surface area contributed by atoms with E-state index in [1.54, 1.807) is 12.1 Å². The molecule has 0 bridgehead atoms. The number of para-hydroxylation sites is 1. The zero-order valence-electron chi connectivity index (χ0n) is 14.2. The Morgan fingerprint density at radius 2 is 2.08 bits per heavy atom. The van der Waals surface area contributed by atoms with Crippen LogP contribution in [0, 0.1) is 23.7 Å². The highest BCUT2D eigenvalue weighted by Crippen LogP contribution is 2.32. The first-order valence-electron chi connectivity index (χ1n) is 8.06. The van der Waals surface area contributed by atoms with Crippen LogP contribution in [-0.4, -0.2) is 18.2 Å². The van der Waals surface area contributed by atoms with Gasteiger partial charge in [-0.25, -0.2) is 4.98 Å². The Hall–Kier alpha value is -3.28. The quantitative estimate of drug-likeness (QED) is 0.469. The lowest BCUT2D eigenvalue weighted by atomic mass is 10.1. The van der Waals surface area contributed by atoms with Gasteiger partial charge in [-0.15, -0.1) is 17.8 Å². The predicted octanol–water partition coefficient (Wildman–Crippen LogP) is 4.77. The van der Waals surface area contributed by atoms with Crippen molar-refractivity contribution < 1.29 is 9.47 Å². The lowest BCUT2D eigenvalue weighted by molar-refractivity contribution is 0.299. The zero-order valence-corrected chi connectivity index (χ0v) is 15.0. The van der Waals surface area contributed by atoms with E-state index < -0.39 is 0 Å². The molecule has 26 heavy (non-hydrogen) atoms. The molecular formula is C21H16N2O2S. The number of hydrogen-bond donors (Lipinski definition) is 0. The fourth-order valence-electron chi connectivity index (χ4n) is 2.42. The van der Waals surface area contributed by atoms with E-state index in [4.69, 9.17) is 15.9 Å². The molecule has 1 heterocycles. The third kappa shape index (κ3) is 3.85. The van der Waals surface area contributed by atoms with Crippen LogP contribution in [0.5, 0.6) is 11.5 Å². The minimum Gasteiger partial charge on any atom is -0.490 e. The molecule has 0 radical (unpaired) electrons. The fourth-order valence-corrected chi connectivity index (χ4v) is 3.35. The van der Waals surface area contributed by atoms with Gasteiger partial charge in [0.25, 0.3) is 0 Å². The van der Waals surface area contributed by atoms with Crippen LogP contribution in [0.25, 0.3) is 21.9 Å². The maximum absolute atomic E-state index is 9.58. The van der Waals surface area contributed by atoms with Crippen molar-refractivity contribution in [1.82, 2.24) is 4.98 Å². The Morgan fingerprint density at radius 3 is 2.81 bits per heavy atom. The number of hydrogen-bond acceptors (Lipinski definition) is 5. The summed E-state index contributed by atoms with van der Waals surface area (Å²) >= 11 is 1.50. The van der Waals surface area contributed by atoms with Gasteiger partial charge in [0, 0.05) is 0 Å². The van der Waals surface area contributed by atoms with Gasteiger partial charge in [0.15, 0.2) is 11.5 Å². The molecule has 0 amide bonds. The Morgan fingerprint density at radius 1 is 1.23 bits per heavy atom. The van der Waals surface area contributed by atoms with Gasteiger partial charge in [-0.2, -0.15) is 5.26 Å². The third-order valence-electron chi connectivity index (χ3n) is 3.53. The Labute approximate surface area is 156 Å². The molecule has 0 aliphatic carbocycles. The summed E-state index contributed by atoms with van der Waals surface area (Å²) in [5.74, 6) is 3.62. The van der Waals surface area contributed by atoms with E-state index in [0.717, 1.165) is 15.8 Å². The maximum atomic E-state index is 9.58. The molecule has 0 atom stereocenters. The first-order valence-corrected chi connectivity index (χ1v) is 8.87. The van der Waals surface area contributed by atoms with E-state index >= 15 is 0 Å².